The standard InChI is InChI=1S/C14H11ClN2O4/c15-12-8-10(17(19)20)6-7-13(12)16-14(18)9-21-11-4-2-1-3-5-11/h1-8H,9H2,(H,16,18). The maximum atomic E-state index is 11.7. The Morgan fingerprint density at radius 1 is 1.24 bits per heavy atom. The summed E-state index contributed by atoms with van der Waals surface area (Å²) < 4.78 is 5.28. The summed E-state index contributed by atoms with van der Waals surface area (Å²) in [5.74, 6) is 0.164. The molecule has 0 atom stereocenters. The van der Waals surface area contributed by atoms with Crippen LogP contribution in [-0.4, -0.2) is 17.4 Å². The Morgan fingerprint density at radius 2 is 1.95 bits per heavy atom. The fourth-order valence-electron chi connectivity index (χ4n) is 1.57. The second kappa shape index (κ2) is 6.71. The highest BCUT2D eigenvalue weighted by molar-refractivity contribution is 6.34. The molecule has 0 aromatic heterocycles. The van der Waals surface area contributed by atoms with Gasteiger partial charge in [-0.1, -0.05) is 29.8 Å². The highest BCUT2D eigenvalue weighted by Crippen LogP contribution is 2.26. The molecule has 0 bridgehead atoms. The van der Waals surface area contributed by atoms with Crippen molar-refractivity contribution in [2.75, 3.05) is 11.9 Å². The molecule has 0 aliphatic heterocycles. The van der Waals surface area contributed by atoms with E-state index in [1.807, 2.05) is 6.07 Å². The number of carbonyl (C=O) groups excluding carboxylic acids is 1. The van der Waals surface area contributed by atoms with E-state index in [4.69, 9.17) is 16.3 Å². The molecular formula is C14H11ClN2O4. The minimum Gasteiger partial charge on any atom is -0.484 e. The van der Waals surface area contributed by atoms with Gasteiger partial charge in [0.05, 0.1) is 15.6 Å². The molecule has 6 nitrogen and oxygen atoms in total. The van der Waals surface area contributed by atoms with Crippen LogP contribution in [-0.2, 0) is 4.79 Å². The number of hydrogen-bond donors (Lipinski definition) is 1. The van der Waals surface area contributed by atoms with Crippen LogP contribution in [0.2, 0.25) is 5.02 Å². The van der Waals surface area contributed by atoms with Gasteiger partial charge >= 0.3 is 0 Å². The van der Waals surface area contributed by atoms with Gasteiger partial charge in [-0.3, -0.25) is 14.9 Å². The fraction of sp³-hybridized carbons (Fsp3) is 0.0714. The molecule has 0 fully saturated rings. The highest BCUT2D eigenvalue weighted by Gasteiger charge is 2.11. The van der Waals surface area contributed by atoms with E-state index in [0.717, 1.165) is 0 Å². The van der Waals surface area contributed by atoms with Crippen molar-refractivity contribution < 1.29 is 14.5 Å². The van der Waals surface area contributed by atoms with Crippen molar-refractivity contribution >= 4 is 28.9 Å². The van der Waals surface area contributed by atoms with Gasteiger partial charge in [0.15, 0.2) is 6.61 Å². The molecular weight excluding hydrogens is 296 g/mol. The minimum absolute atomic E-state index is 0.0947. The van der Waals surface area contributed by atoms with Crippen molar-refractivity contribution in [3.63, 3.8) is 0 Å². The molecule has 0 aliphatic carbocycles. The van der Waals surface area contributed by atoms with Gasteiger partial charge in [0.25, 0.3) is 11.6 Å². The Labute approximate surface area is 125 Å². The predicted molar refractivity (Wildman–Crippen MR) is 78.7 cm³/mol. The number of nitro groups is 1. The average molecular weight is 307 g/mol. The van der Waals surface area contributed by atoms with Crippen LogP contribution >= 0.6 is 11.6 Å². The molecule has 0 heterocycles. The summed E-state index contributed by atoms with van der Waals surface area (Å²) in [5, 5.41) is 13.2. The number of nitrogens with zero attached hydrogens (tertiary/aromatic N) is 1. The number of ether oxygens (including phenoxy) is 1. The van der Waals surface area contributed by atoms with Crippen molar-refractivity contribution in [3.05, 3.63) is 63.7 Å². The maximum absolute atomic E-state index is 11.7. The first kappa shape index (κ1) is 14.8. The lowest BCUT2D eigenvalue weighted by Gasteiger charge is -2.08. The van der Waals surface area contributed by atoms with Crippen LogP contribution < -0.4 is 10.1 Å². The topological polar surface area (TPSA) is 81.5 Å². The summed E-state index contributed by atoms with van der Waals surface area (Å²) in [6, 6.07) is 12.7. The first-order chi connectivity index (χ1) is 10.1. The predicted octanol–water partition coefficient (Wildman–Crippen LogP) is 3.27. The molecule has 2 aromatic rings. The second-order valence-electron chi connectivity index (χ2n) is 4.07. The fourth-order valence-corrected chi connectivity index (χ4v) is 1.79. The molecule has 0 aliphatic rings. The lowest BCUT2D eigenvalue weighted by molar-refractivity contribution is -0.384. The average Bonchev–Trinajstić information content (AvgIpc) is 2.48. The Hall–Kier alpha value is -2.60. The molecule has 21 heavy (non-hydrogen) atoms. The van der Waals surface area contributed by atoms with Gasteiger partial charge in [0, 0.05) is 12.1 Å². The van der Waals surface area contributed by atoms with Crippen LogP contribution in [0.1, 0.15) is 0 Å². The number of hydrogen-bond acceptors (Lipinski definition) is 4. The van der Waals surface area contributed by atoms with E-state index in [-0.39, 0.29) is 17.3 Å². The molecule has 1 N–H and O–H groups in total. The summed E-state index contributed by atoms with van der Waals surface area (Å²) in [7, 11) is 0. The number of benzene rings is 2. The lowest BCUT2D eigenvalue weighted by atomic mass is 10.3. The number of halogens is 1. The van der Waals surface area contributed by atoms with Crippen molar-refractivity contribution in [2.24, 2.45) is 0 Å². The van der Waals surface area contributed by atoms with Crippen LogP contribution in [0.5, 0.6) is 5.75 Å². The third-order valence-electron chi connectivity index (χ3n) is 2.55. The van der Waals surface area contributed by atoms with Crippen molar-refractivity contribution in [3.8, 4) is 5.75 Å². The number of para-hydroxylation sites is 1. The number of nitro benzene ring substituents is 1. The molecule has 2 rings (SSSR count). The van der Waals surface area contributed by atoms with Gasteiger partial charge < -0.3 is 10.1 Å². The molecule has 0 unspecified atom stereocenters. The largest absolute Gasteiger partial charge is 0.484 e. The van der Waals surface area contributed by atoms with E-state index in [2.05, 4.69) is 5.32 Å². The number of rotatable bonds is 5. The summed E-state index contributed by atoms with van der Waals surface area (Å²) in [6.45, 7) is -0.183. The van der Waals surface area contributed by atoms with E-state index >= 15 is 0 Å². The molecule has 0 saturated carbocycles. The monoisotopic (exact) mass is 306 g/mol. The van der Waals surface area contributed by atoms with Crippen LogP contribution in [0.3, 0.4) is 0 Å². The van der Waals surface area contributed by atoms with Crippen molar-refractivity contribution in [1.82, 2.24) is 0 Å². The van der Waals surface area contributed by atoms with Crippen LogP contribution in [0.15, 0.2) is 48.5 Å². The van der Waals surface area contributed by atoms with Crippen molar-refractivity contribution in [2.45, 2.75) is 0 Å². The van der Waals surface area contributed by atoms with Gasteiger partial charge in [-0.25, -0.2) is 0 Å². The van der Waals surface area contributed by atoms with Gasteiger partial charge in [-0.05, 0) is 18.2 Å². The molecule has 0 spiro atoms. The quantitative estimate of drug-likeness (QED) is 0.679. The Morgan fingerprint density at radius 3 is 2.57 bits per heavy atom. The Kier molecular flexibility index (Phi) is 4.73. The van der Waals surface area contributed by atoms with Gasteiger partial charge in [-0.15, -0.1) is 0 Å². The Balaban J connectivity index is 1.95. The smallest absolute Gasteiger partial charge is 0.271 e. The number of carbonyl (C=O) groups is 1. The number of anilines is 1. The van der Waals surface area contributed by atoms with E-state index in [9.17, 15) is 14.9 Å². The van der Waals surface area contributed by atoms with Crippen LogP contribution in [0, 0.1) is 10.1 Å². The molecule has 2 aromatic carbocycles. The molecule has 1 amide bonds. The zero-order valence-electron chi connectivity index (χ0n) is 10.8. The second-order valence-corrected chi connectivity index (χ2v) is 4.48. The van der Waals surface area contributed by atoms with E-state index in [0.29, 0.717) is 11.4 Å². The Bertz CT molecular complexity index is 661. The minimum atomic E-state index is -0.560. The lowest BCUT2D eigenvalue weighted by Crippen LogP contribution is -2.20. The normalized spacial score (nSPS) is 9.95. The number of amides is 1. The maximum Gasteiger partial charge on any atom is 0.271 e. The van der Waals surface area contributed by atoms with Gasteiger partial charge in [0.1, 0.15) is 5.75 Å². The number of nitrogens with one attached hydrogen (secondary N) is 1. The first-order valence-electron chi connectivity index (χ1n) is 5.98. The third-order valence-corrected chi connectivity index (χ3v) is 2.86. The number of non-ortho nitro benzene ring substituents is 1. The third kappa shape index (κ3) is 4.19. The zero-order valence-corrected chi connectivity index (χ0v) is 11.5. The zero-order chi connectivity index (χ0) is 15.2. The summed E-state index contributed by atoms with van der Waals surface area (Å²) in [6.07, 6.45) is 0. The molecule has 0 saturated heterocycles. The molecule has 108 valence electrons. The SMILES string of the molecule is O=C(COc1ccccc1)Nc1ccc([N+](=O)[O-])cc1Cl. The van der Waals surface area contributed by atoms with Crippen LogP contribution in [0.4, 0.5) is 11.4 Å². The van der Waals surface area contributed by atoms with E-state index in [1.165, 1.54) is 18.2 Å². The van der Waals surface area contributed by atoms with Gasteiger partial charge in [-0.2, -0.15) is 0 Å². The summed E-state index contributed by atoms with van der Waals surface area (Å²) >= 11 is 5.87. The van der Waals surface area contributed by atoms with Crippen LogP contribution in [0.25, 0.3) is 0 Å². The molecule has 7 heteroatoms. The van der Waals surface area contributed by atoms with Gasteiger partial charge in [0.2, 0.25) is 0 Å². The van der Waals surface area contributed by atoms with Crippen molar-refractivity contribution in [1.29, 1.82) is 0 Å². The molecule has 0 radical (unpaired) electrons. The highest BCUT2D eigenvalue weighted by atomic mass is 35.5. The van der Waals surface area contributed by atoms with E-state index < -0.39 is 10.8 Å². The first-order valence-corrected chi connectivity index (χ1v) is 6.35. The summed E-state index contributed by atoms with van der Waals surface area (Å²) in [5.41, 5.74) is 0.155. The van der Waals surface area contributed by atoms with E-state index in [1.54, 1.807) is 24.3 Å². The summed E-state index contributed by atoms with van der Waals surface area (Å²) in [4.78, 5) is 21.8.